The lowest BCUT2D eigenvalue weighted by molar-refractivity contribution is -0.139. The lowest BCUT2D eigenvalue weighted by Crippen LogP contribution is -2.38. The van der Waals surface area contributed by atoms with Crippen molar-refractivity contribution >= 4 is 17.6 Å². The number of nitrogens with zero attached hydrogens (tertiary/aromatic N) is 1. The molecule has 1 amide bonds. The van der Waals surface area contributed by atoms with Crippen LogP contribution in [0.4, 0.5) is 5.69 Å². The van der Waals surface area contributed by atoms with Crippen molar-refractivity contribution in [3.63, 3.8) is 0 Å². The summed E-state index contributed by atoms with van der Waals surface area (Å²) in [6, 6.07) is 7.36. The summed E-state index contributed by atoms with van der Waals surface area (Å²) >= 11 is 0. The van der Waals surface area contributed by atoms with E-state index in [4.69, 9.17) is 0 Å². The standard InChI is InChI=1S/C16H21NO3/c1-2-3-4-9-15(18)17-11-10-13(16(19)20)12-7-5-6-8-14(12)17/h5-8,13H,2-4,9-11H2,1H3,(H,19,20). The van der Waals surface area contributed by atoms with Crippen molar-refractivity contribution in [1.82, 2.24) is 0 Å². The predicted molar refractivity (Wildman–Crippen MR) is 77.9 cm³/mol. The highest BCUT2D eigenvalue weighted by molar-refractivity contribution is 5.96. The number of carbonyl (C=O) groups excluding carboxylic acids is 1. The van der Waals surface area contributed by atoms with Crippen LogP contribution in [0.15, 0.2) is 24.3 Å². The summed E-state index contributed by atoms with van der Waals surface area (Å²) in [5.41, 5.74) is 1.53. The quantitative estimate of drug-likeness (QED) is 0.840. The van der Waals surface area contributed by atoms with Crippen LogP contribution in [0.25, 0.3) is 0 Å². The zero-order valence-electron chi connectivity index (χ0n) is 11.8. The maximum atomic E-state index is 12.3. The van der Waals surface area contributed by atoms with Gasteiger partial charge in [0.2, 0.25) is 5.91 Å². The van der Waals surface area contributed by atoms with E-state index < -0.39 is 11.9 Å². The van der Waals surface area contributed by atoms with E-state index in [0.29, 0.717) is 19.4 Å². The van der Waals surface area contributed by atoms with Gasteiger partial charge in [-0.3, -0.25) is 9.59 Å². The molecule has 0 saturated heterocycles. The second-order valence-electron chi connectivity index (χ2n) is 5.24. The molecular weight excluding hydrogens is 254 g/mol. The molecule has 1 N–H and O–H groups in total. The van der Waals surface area contributed by atoms with Crippen molar-refractivity contribution in [3.05, 3.63) is 29.8 Å². The minimum atomic E-state index is -0.810. The van der Waals surface area contributed by atoms with Gasteiger partial charge in [0.15, 0.2) is 0 Å². The molecule has 1 heterocycles. The average Bonchev–Trinajstić information content (AvgIpc) is 2.46. The zero-order chi connectivity index (χ0) is 14.5. The van der Waals surface area contributed by atoms with Gasteiger partial charge in [0.1, 0.15) is 0 Å². The minimum absolute atomic E-state index is 0.106. The van der Waals surface area contributed by atoms with Gasteiger partial charge in [-0.1, -0.05) is 38.0 Å². The maximum Gasteiger partial charge on any atom is 0.311 e. The number of amides is 1. The Morgan fingerprint density at radius 1 is 1.30 bits per heavy atom. The molecule has 4 nitrogen and oxygen atoms in total. The van der Waals surface area contributed by atoms with E-state index in [1.165, 1.54) is 0 Å². The van der Waals surface area contributed by atoms with Gasteiger partial charge in [-0.15, -0.1) is 0 Å². The number of carboxylic acids is 1. The molecule has 108 valence electrons. The van der Waals surface area contributed by atoms with Gasteiger partial charge in [0.05, 0.1) is 5.92 Å². The van der Waals surface area contributed by atoms with Crippen LogP contribution < -0.4 is 4.90 Å². The van der Waals surface area contributed by atoms with Crippen LogP contribution in [0.5, 0.6) is 0 Å². The number of aliphatic carboxylic acids is 1. The van der Waals surface area contributed by atoms with E-state index in [9.17, 15) is 14.7 Å². The Hall–Kier alpha value is -1.84. The van der Waals surface area contributed by atoms with Gasteiger partial charge in [0.25, 0.3) is 0 Å². The summed E-state index contributed by atoms with van der Waals surface area (Å²) in [5, 5.41) is 9.28. The summed E-state index contributed by atoms with van der Waals surface area (Å²) in [4.78, 5) is 25.3. The summed E-state index contributed by atoms with van der Waals surface area (Å²) < 4.78 is 0. The minimum Gasteiger partial charge on any atom is -0.481 e. The summed E-state index contributed by atoms with van der Waals surface area (Å²) in [5.74, 6) is -1.20. The molecule has 0 saturated carbocycles. The average molecular weight is 275 g/mol. The molecule has 2 rings (SSSR count). The van der Waals surface area contributed by atoms with Crippen LogP contribution in [0, 0.1) is 0 Å². The summed E-state index contributed by atoms with van der Waals surface area (Å²) in [6.45, 7) is 2.61. The Balaban J connectivity index is 2.18. The maximum absolute atomic E-state index is 12.3. The monoisotopic (exact) mass is 275 g/mol. The van der Waals surface area contributed by atoms with Gasteiger partial charge in [-0.2, -0.15) is 0 Å². The number of carboxylic acid groups (broad SMARTS) is 1. The highest BCUT2D eigenvalue weighted by atomic mass is 16.4. The molecule has 0 radical (unpaired) electrons. The SMILES string of the molecule is CCCCCC(=O)N1CCC(C(=O)O)c2ccccc21. The molecule has 1 aliphatic rings. The molecule has 4 heteroatoms. The molecule has 0 bridgehead atoms. The molecule has 0 spiro atoms. The first-order valence-electron chi connectivity index (χ1n) is 7.27. The molecule has 1 unspecified atom stereocenters. The number of fused-ring (bicyclic) bond motifs is 1. The van der Waals surface area contributed by atoms with Gasteiger partial charge >= 0.3 is 5.97 Å². The first-order valence-corrected chi connectivity index (χ1v) is 7.27. The van der Waals surface area contributed by atoms with Crippen molar-refractivity contribution in [3.8, 4) is 0 Å². The number of para-hydroxylation sites is 1. The number of hydrogen-bond donors (Lipinski definition) is 1. The molecule has 1 aromatic rings. The highest BCUT2D eigenvalue weighted by Gasteiger charge is 2.31. The second kappa shape index (κ2) is 6.55. The van der Waals surface area contributed by atoms with E-state index in [-0.39, 0.29) is 5.91 Å². The van der Waals surface area contributed by atoms with Gasteiger partial charge in [-0.05, 0) is 24.5 Å². The number of benzene rings is 1. The van der Waals surface area contributed by atoms with E-state index in [2.05, 4.69) is 6.92 Å². The Labute approximate surface area is 119 Å². The first-order chi connectivity index (χ1) is 9.65. The Morgan fingerprint density at radius 2 is 2.05 bits per heavy atom. The normalized spacial score (nSPS) is 17.6. The third kappa shape index (κ3) is 3.00. The van der Waals surface area contributed by atoms with Crippen molar-refractivity contribution in [1.29, 1.82) is 0 Å². The molecule has 1 aromatic carbocycles. The van der Waals surface area contributed by atoms with Crippen LogP contribution in [0.3, 0.4) is 0 Å². The van der Waals surface area contributed by atoms with Crippen LogP contribution in [-0.2, 0) is 9.59 Å². The Bertz CT molecular complexity index is 498. The summed E-state index contributed by atoms with van der Waals surface area (Å²) in [6.07, 6.45) is 4.08. The number of unbranched alkanes of at least 4 members (excludes halogenated alkanes) is 2. The zero-order valence-corrected chi connectivity index (χ0v) is 11.8. The Morgan fingerprint density at radius 3 is 2.75 bits per heavy atom. The topological polar surface area (TPSA) is 57.6 Å². The fourth-order valence-electron chi connectivity index (χ4n) is 2.74. The van der Waals surface area contributed by atoms with Crippen molar-refractivity contribution < 1.29 is 14.7 Å². The third-order valence-corrected chi connectivity index (χ3v) is 3.84. The molecule has 0 aromatic heterocycles. The molecular formula is C16H21NO3. The number of carbonyl (C=O) groups is 2. The van der Waals surface area contributed by atoms with Crippen LogP contribution in [-0.4, -0.2) is 23.5 Å². The van der Waals surface area contributed by atoms with E-state index in [1.54, 1.807) is 4.90 Å². The number of anilines is 1. The van der Waals surface area contributed by atoms with Gasteiger partial charge in [-0.25, -0.2) is 0 Å². The largest absolute Gasteiger partial charge is 0.481 e. The molecule has 20 heavy (non-hydrogen) atoms. The van der Waals surface area contributed by atoms with E-state index in [1.807, 2.05) is 24.3 Å². The second-order valence-corrected chi connectivity index (χ2v) is 5.24. The van der Waals surface area contributed by atoms with Crippen molar-refractivity contribution in [2.24, 2.45) is 0 Å². The van der Waals surface area contributed by atoms with E-state index >= 15 is 0 Å². The van der Waals surface area contributed by atoms with Gasteiger partial charge < -0.3 is 10.0 Å². The smallest absolute Gasteiger partial charge is 0.311 e. The predicted octanol–water partition coefficient (Wildman–Crippen LogP) is 3.17. The third-order valence-electron chi connectivity index (χ3n) is 3.84. The molecule has 0 aliphatic carbocycles. The first kappa shape index (κ1) is 14.6. The Kier molecular flexibility index (Phi) is 4.77. The molecule has 1 atom stereocenters. The van der Waals surface area contributed by atoms with E-state index in [0.717, 1.165) is 30.5 Å². The van der Waals surface area contributed by atoms with Crippen molar-refractivity contribution in [2.75, 3.05) is 11.4 Å². The number of rotatable bonds is 5. The lowest BCUT2D eigenvalue weighted by Gasteiger charge is -2.32. The van der Waals surface area contributed by atoms with Crippen LogP contribution >= 0.6 is 0 Å². The number of hydrogen-bond acceptors (Lipinski definition) is 2. The fourth-order valence-corrected chi connectivity index (χ4v) is 2.74. The van der Waals surface area contributed by atoms with Gasteiger partial charge in [0, 0.05) is 18.7 Å². The molecule has 1 aliphatic heterocycles. The summed E-state index contributed by atoms with van der Waals surface area (Å²) in [7, 11) is 0. The van der Waals surface area contributed by atoms with Crippen LogP contribution in [0.2, 0.25) is 0 Å². The molecule has 0 fully saturated rings. The van der Waals surface area contributed by atoms with Crippen LogP contribution in [0.1, 0.15) is 50.5 Å². The highest BCUT2D eigenvalue weighted by Crippen LogP contribution is 2.35. The lowest BCUT2D eigenvalue weighted by atomic mass is 9.90. The fraction of sp³-hybridized carbons (Fsp3) is 0.500. The van der Waals surface area contributed by atoms with Crippen molar-refractivity contribution in [2.45, 2.75) is 44.9 Å².